The fraction of sp³-hybridized carbons (Fsp3) is 0.333. The van der Waals surface area contributed by atoms with Gasteiger partial charge in [0.15, 0.2) is 0 Å². The molecule has 0 aliphatic carbocycles. The first kappa shape index (κ1) is 19.7. The maximum atomic E-state index is 13.7. The molecule has 0 spiro atoms. The Kier molecular flexibility index (Phi) is 4.77. The maximum absolute atomic E-state index is 13.7. The molecule has 26 heavy (non-hydrogen) atoms. The lowest BCUT2D eigenvalue weighted by Gasteiger charge is -2.27. The van der Waals surface area contributed by atoms with Gasteiger partial charge in [0.25, 0.3) is 0 Å². The topological polar surface area (TPSA) is 48.3 Å². The lowest BCUT2D eigenvalue weighted by molar-refractivity contribution is -0.340. The van der Waals surface area contributed by atoms with Gasteiger partial charge in [0.2, 0.25) is 0 Å². The minimum Gasteiger partial charge on any atom is -0.469 e. The van der Waals surface area contributed by atoms with E-state index in [0.717, 1.165) is 13.2 Å². The van der Waals surface area contributed by atoms with Crippen molar-refractivity contribution in [1.82, 2.24) is 4.57 Å². The van der Waals surface area contributed by atoms with E-state index in [1.807, 2.05) is 0 Å². The van der Waals surface area contributed by atoms with E-state index in [-0.39, 0.29) is 21.0 Å². The number of hydrogen-bond donors (Lipinski definition) is 0. The molecule has 1 heterocycles. The Bertz CT molecular complexity index is 855. The van der Waals surface area contributed by atoms with E-state index in [2.05, 4.69) is 4.74 Å². The lowest BCUT2D eigenvalue weighted by Crippen LogP contribution is -2.57. The van der Waals surface area contributed by atoms with Gasteiger partial charge >= 0.3 is 29.9 Å². The van der Waals surface area contributed by atoms with Gasteiger partial charge in [-0.05, 0) is 11.6 Å². The molecule has 0 N–H and O–H groups in total. The highest BCUT2D eigenvalue weighted by molar-refractivity contribution is 5.99. The predicted molar refractivity (Wildman–Crippen MR) is 74.2 cm³/mol. The summed E-state index contributed by atoms with van der Waals surface area (Å²) in [5.41, 5.74) is -0.402. The Hall–Kier alpha value is -2.59. The molecule has 1 aromatic carbocycles. The van der Waals surface area contributed by atoms with Crippen LogP contribution in [0, 0.1) is 0 Å². The summed E-state index contributed by atoms with van der Waals surface area (Å²) in [4.78, 5) is 23.2. The van der Waals surface area contributed by atoms with Crippen LogP contribution in [0.2, 0.25) is 0 Å². The second-order valence-corrected chi connectivity index (χ2v) is 5.25. The number of hydrogen-bond acceptors (Lipinski definition) is 3. The van der Waals surface area contributed by atoms with E-state index in [0.29, 0.717) is 6.20 Å². The van der Waals surface area contributed by atoms with Crippen LogP contribution in [0.1, 0.15) is 10.4 Å². The fourth-order valence-electron chi connectivity index (χ4n) is 2.25. The number of rotatable bonds is 4. The van der Waals surface area contributed by atoms with Crippen LogP contribution in [0.4, 0.5) is 30.7 Å². The number of halogens is 7. The molecular weight excluding hydrogens is 375 g/mol. The van der Waals surface area contributed by atoms with Crippen LogP contribution < -0.4 is 0 Å². The molecule has 0 aliphatic heterocycles. The van der Waals surface area contributed by atoms with Crippen molar-refractivity contribution < 1.29 is 45.1 Å². The summed E-state index contributed by atoms with van der Waals surface area (Å²) >= 11 is 0. The smallest absolute Gasteiger partial charge is 0.460 e. The first-order chi connectivity index (χ1) is 11.8. The summed E-state index contributed by atoms with van der Waals surface area (Å²) in [5, 5.41) is 0.0531. The largest absolute Gasteiger partial charge is 0.469 e. The number of nitrogens with zero attached hydrogens (tertiary/aromatic N) is 1. The molecule has 2 rings (SSSR count). The van der Waals surface area contributed by atoms with Crippen LogP contribution in [-0.4, -0.2) is 41.6 Å². The average Bonchev–Trinajstić information content (AvgIpc) is 2.91. The molecule has 0 fully saturated rings. The summed E-state index contributed by atoms with van der Waals surface area (Å²) in [5.74, 6) is -16.2. The number of alkyl halides is 7. The van der Waals surface area contributed by atoms with Gasteiger partial charge in [-0.2, -0.15) is 30.7 Å². The molecule has 0 amide bonds. The standard InChI is InChI=1S/C15H10F7NO3/c1-26-11(24)6-8-7-23(10-5-3-2-4-9(8)10)12(25)13(16,17)14(18,19)15(20,21)22/h2-5,7H,6H2,1H3. The van der Waals surface area contributed by atoms with Crippen molar-refractivity contribution in [2.45, 2.75) is 24.4 Å². The second kappa shape index (κ2) is 6.29. The quantitative estimate of drug-likeness (QED) is 0.594. The van der Waals surface area contributed by atoms with Gasteiger partial charge in [0.1, 0.15) is 0 Å². The SMILES string of the molecule is COC(=O)Cc1cn(C(=O)C(F)(F)C(F)(F)C(F)(F)F)c2ccccc12. The zero-order valence-corrected chi connectivity index (χ0v) is 12.9. The Morgan fingerprint density at radius 2 is 1.62 bits per heavy atom. The van der Waals surface area contributed by atoms with Crippen molar-refractivity contribution in [2.24, 2.45) is 0 Å². The van der Waals surface area contributed by atoms with Gasteiger partial charge in [-0.15, -0.1) is 0 Å². The molecule has 0 saturated heterocycles. The zero-order valence-electron chi connectivity index (χ0n) is 12.9. The fourth-order valence-corrected chi connectivity index (χ4v) is 2.25. The highest BCUT2D eigenvalue weighted by Gasteiger charge is 2.76. The van der Waals surface area contributed by atoms with Crippen LogP contribution in [-0.2, 0) is 16.0 Å². The average molecular weight is 385 g/mol. The number of aromatic nitrogens is 1. The second-order valence-electron chi connectivity index (χ2n) is 5.25. The van der Waals surface area contributed by atoms with E-state index in [1.54, 1.807) is 0 Å². The molecule has 0 atom stereocenters. The molecule has 2 aromatic rings. The number of esters is 1. The van der Waals surface area contributed by atoms with Crippen molar-refractivity contribution >= 4 is 22.8 Å². The van der Waals surface area contributed by atoms with Crippen LogP contribution >= 0.6 is 0 Å². The number of fused-ring (bicyclic) bond motifs is 1. The number of benzene rings is 1. The van der Waals surface area contributed by atoms with Crippen LogP contribution in [0.3, 0.4) is 0 Å². The molecule has 1 aromatic heterocycles. The van der Waals surface area contributed by atoms with Gasteiger partial charge in [0, 0.05) is 11.6 Å². The van der Waals surface area contributed by atoms with E-state index in [1.165, 1.54) is 18.2 Å². The molecule has 0 saturated carbocycles. The summed E-state index contributed by atoms with van der Waals surface area (Å²) in [6.07, 6.45) is -6.52. The van der Waals surface area contributed by atoms with Gasteiger partial charge in [-0.1, -0.05) is 18.2 Å². The Balaban J connectivity index is 2.60. The number of methoxy groups -OCH3 is 1. The molecule has 0 radical (unpaired) electrons. The minimum absolute atomic E-state index is 0.0206. The zero-order chi connectivity index (χ0) is 19.9. The molecule has 0 unspecified atom stereocenters. The number of para-hydroxylation sites is 1. The van der Waals surface area contributed by atoms with Gasteiger partial charge < -0.3 is 4.74 Å². The Labute approximate surface area is 141 Å². The molecule has 11 heteroatoms. The Morgan fingerprint density at radius 3 is 2.15 bits per heavy atom. The van der Waals surface area contributed by atoms with Crippen LogP contribution in [0.15, 0.2) is 30.5 Å². The summed E-state index contributed by atoms with van der Waals surface area (Å²) < 4.78 is 94.9. The highest BCUT2D eigenvalue weighted by Crippen LogP contribution is 2.47. The molecule has 4 nitrogen and oxygen atoms in total. The van der Waals surface area contributed by atoms with Crippen LogP contribution in [0.25, 0.3) is 10.9 Å². The van der Waals surface area contributed by atoms with Crippen molar-refractivity contribution in [3.05, 3.63) is 36.0 Å². The van der Waals surface area contributed by atoms with Crippen molar-refractivity contribution in [3.8, 4) is 0 Å². The summed E-state index contributed by atoms with van der Waals surface area (Å²) in [6.45, 7) is 0. The van der Waals surface area contributed by atoms with Gasteiger partial charge in [-0.25, -0.2) is 0 Å². The highest BCUT2D eigenvalue weighted by atomic mass is 19.4. The number of carbonyl (C=O) groups is 2. The summed E-state index contributed by atoms with van der Waals surface area (Å²) in [6, 6.07) is 5.02. The molecule has 0 bridgehead atoms. The summed E-state index contributed by atoms with van der Waals surface area (Å²) in [7, 11) is 1.03. The van der Waals surface area contributed by atoms with Gasteiger partial charge in [-0.3, -0.25) is 14.2 Å². The van der Waals surface area contributed by atoms with E-state index in [4.69, 9.17) is 0 Å². The maximum Gasteiger partial charge on any atom is 0.460 e. The lowest BCUT2D eigenvalue weighted by atomic mass is 10.1. The molecule has 142 valence electrons. The van der Waals surface area contributed by atoms with E-state index >= 15 is 0 Å². The van der Waals surface area contributed by atoms with Crippen molar-refractivity contribution in [2.75, 3.05) is 7.11 Å². The first-order valence-electron chi connectivity index (χ1n) is 6.87. The predicted octanol–water partition coefficient (Wildman–Crippen LogP) is 3.83. The third kappa shape index (κ3) is 3.01. The third-order valence-electron chi connectivity index (χ3n) is 3.59. The monoisotopic (exact) mass is 385 g/mol. The molecule has 0 aliphatic rings. The molecular formula is C15H10F7NO3. The number of ether oxygens (including phenoxy) is 1. The normalized spacial score (nSPS) is 13.1. The number of carbonyl (C=O) groups excluding carboxylic acids is 2. The first-order valence-corrected chi connectivity index (χ1v) is 6.87. The van der Waals surface area contributed by atoms with Gasteiger partial charge in [0.05, 0.1) is 19.0 Å². The Morgan fingerprint density at radius 1 is 1.04 bits per heavy atom. The van der Waals surface area contributed by atoms with E-state index < -0.39 is 36.3 Å². The van der Waals surface area contributed by atoms with E-state index in [9.17, 15) is 40.3 Å². The minimum atomic E-state index is -6.63. The van der Waals surface area contributed by atoms with Crippen molar-refractivity contribution in [1.29, 1.82) is 0 Å². The van der Waals surface area contributed by atoms with Crippen LogP contribution in [0.5, 0.6) is 0 Å². The third-order valence-corrected chi connectivity index (χ3v) is 3.59. The van der Waals surface area contributed by atoms with Crippen molar-refractivity contribution in [3.63, 3.8) is 0 Å².